The van der Waals surface area contributed by atoms with Gasteiger partial charge in [-0.15, -0.1) is 0 Å². The number of nitrogens with zero attached hydrogens (tertiary/aromatic N) is 7. The number of imidazole rings is 1. The number of aryl methyl sites for hydroxylation is 1. The summed E-state index contributed by atoms with van der Waals surface area (Å²) < 4.78 is 9.13. The largest absolute Gasteiger partial charge is 0.383 e. The Kier molecular flexibility index (Phi) is 5.70. The summed E-state index contributed by atoms with van der Waals surface area (Å²) in [5.74, 6) is 1.75. The second-order valence-electron chi connectivity index (χ2n) is 9.69. The summed E-state index contributed by atoms with van der Waals surface area (Å²) in [5, 5.41) is 7.56. The molecule has 11 nitrogen and oxygen atoms in total. The number of benzene rings is 1. The van der Waals surface area contributed by atoms with Crippen molar-refractivity contribution in [2.45, 2.75) is 18.9 Å². The molecule has 3 N–H and O–H groups in total. The summed E-state index contributed by atoms with van der Waals surface area (Å²) >= 11 is 0. The number of nitrogens with one attached hydrogen (secondary N) is 1. The molecule has 11 heteroatoms. The van der Waals surface area contributed by atoms with Gasteiger partial charge >= 0.3 is 6.03 Å². The molecule has 2 aliphatic rings. The number of nitrogens with two attached hydrogens (primary N) is 1. The van der Waals surface area contributed by atoms with E-state index in [1.54, 1.807) is 17.1 Å². The van der Waals surface area contributed by atoms with Crippen molar-refractivity contribution in [2.24, 2.45) is 0 Å². The van der Waals surface area contributed by atoms with Crippen molar-refractivity contribution in [1.82, 2.24) is 39.5 Å². The third-order valence-corrected chi connectivity index (χ3v) is 7.37. The fraction of sp³-hybridized carbons (Fsp3) is 0.250. The van der Waals surface area contributed by atoms with Gasteiger partial charge in [0.05, 0.1) is 24.8 Å². The van der Waals surface area contributed by atoms with Gasteiger partial charge in [0.15, 0.2) is 17.3 Å². The topological polar surface area (TPSA) is 129 Å². The van der Waals surface area contributed by atoms with Crippen LogP contribution >= 0.6 is 0 Å². The van der Waals surface area contributed by atoms with Gasteiger partial charge in [-0.1, -0.05) is 6.07 Å². The molecule has 0 saturated carbocycles. The van der Waals surface area contributed by atoms with E-state index in [1.165, 1.54) is 5.56 Å². The van der Waals surface area contributed by atoms with Crippen molar-refractivity contribution in [3.63, 3.8) is 0 Å². The summed E-state index contributed by atoms with van der Waals surface area (Å²) in [6.07, 6.45) is 6.96. The van der Waals surface area contributed by atoms with Crippen LogP contribution in [0.25, 0.3) is 34.1 Å². The van der Waals surface area contributed by atoms with Gasteiger partial charge in [0.25, 0.3) is 0 Å². The van der Waals surface area contributed by atoms with Gasteiger partial charge in [-0.25, -0.2) is 24.4 Å². The second-order valence-corrected chi connectivity index (χ2v) is 9.69. The lowest BCUT2D eigenvalue weighted by atomic mass is 10.1. The van der Waals surface area contributed by atoms with Gasteiger partial charge in [0.1, 0.15) is 11.3 Å². The lowest BCUT2D eigenvalue weighted by molar-refractivity contribution is 0.0525. The number of carbonyl (C=O) groups excluding carboxylic acids is 1. The number of ether oxygens (including phenoxy) is 1. The third-order valence-electron chi connectivity index (χ3n) is 7.37. The van der Waals surface area contributed by atoms with E-state index in [0.717, 1.165) is 35.2 Å². The number of urea groups is 1. The summed E-state index contributed by atoms with van der Waals surface area (Å²) in [6, 6.07) is 15.7. The molecule has 2 amide bonds. The standard InChI is InChI=1S/C28H27N9O2/c29-25-21(3-1-10-30-25)26-32-23-8-9-24(36-12-2-11-31-36)34-27(23)37(26)19-5-6-20-18(17-19)4-7-22(20)33-28(38)35-13-15-39-16-14-35/h1-3,5-6,8-12,17,22H,4,7,13-16H2,(H2,29,30)(H,33,38)/t22-/m0/s1. The Morgan fingerprint density at radius 1 is 1.05 bits per heavy atom. The normalized spacial score (nSPS) is 16.9. The molecule has 1 atom stereocenters. The zero-order valence-electron chi connectivity index (χ0n) is 21.2. The van der Waals surface area contributed by atoms with Crippen molar-refractivity contribution in [1.29, 1.82) is 0 Å². The fourth-order valence-electron chi connectivity index (χ4n) is 5.41. The molecule has 1 aliphatic heterocycles. The molecule has 5 heterocycles. The SMILES string of the molecule is Nc1ncccc1-c1nc2ccc(-n3cccn3)nc2n1-c1ccc2c(c1)CC[C@@H]2NC(=O)N1CCOCC1. The molecular formula is C28H27N9O2. The van der Waals surface area contributed by atoms with E-state index >= 15 is 0 Å². The highest BCUT2D eigenvalue weighted by atomic mass is 16.5. The smallest absolute Gasteiger partial charge is 0.318 e. The van der Waals surface area contributed by atoms with Crippen LogP contribution in [-0.4, -0.2) is 66.5 Å². The zero-order valence-corrected chi connectivity index (χ0v) is 21.2. The third kappa shape index (κ3) is 4.16. The fourth-order valence-corrected chi connectivity index (χ4v) is 5.41. The molecule has 4 aromatic heterocycles. The average molecular weight is 522 g/mol. The first kappa shape index (κ1) is 23.4. The van der Waals surface area contributed by atoms with Gasteiger partial charge in [0, 0.05) is 37.4 Å². The maximum absolute atomic E-state index is 12.8. The van der Waals surface area contributed by atoms with E-state index in [1.807, 2.05) is 46.0 Å². The molecule has 39 heavy (non-hydrogen) atoms. The van der Waals surface area contributed by atoms with Crippen LogP contribution in [0.5, 0.6) is 0 Å². The van der Waals surface area contributed by atoms with Crippen molar-refractivity contribution >= 4 is 23.0 Å². The van der Waals surface area contributed by atoms with Crippen molar-refractivity contribution in [2.75, 3.05) is 32.0 Å². The molecule has 0 radical (unpaired) electrons. The van der Waals surface area contributed by atoms with Gasteiger partial charge in [-0.05, 0) is 66.4 Å². The first-order valence-electron chi connectivity index (χ1n) is 13.0. The quantitative estimate of drug-likeness (QED) is 0.371. The summed E-state index contributed by atoms with van der Waals surface area (Å²) in [6.45, 7) is 2.39. The monoisotopic (exact) mass is 521 g/mol. The van der Waals surface area contributed by atoms with E-state index < -0.39 is 0 Å². The Balaban J connectivity index is 1.30. The van der Waals surface area contributed by atoms with Crippen LogP contribution in [0.1, 0.15) is 23.6 Å². The first-order valence-corrected chi connectivity index (χ1v) is 13.0. The van der Waals surface area contributed by atoms with E-state index in [2.05, 4.69) is 33.6 Å². The number of morpholine rings is 1. The Morgan fingerprint density at radius 3 is 2.77 bits per heavy atom. The average Bonchev–Trinajstić information content (AvgIpc) is 3.72. The van der Waals surface area contributed by atoms with E-state index in [0.29, 0.717) is 49.4 Å². The van der Waals surface area contributed by atoms with Crippen molar-refractivity contribution < 1.29 is 9.53 Å². The highest BCUT2D eigenvalue weighted by Crippen LogP contribution is 2.36. The highest BCUT2D eigenvalue weighted by Gasteiger charge is 2.28. The molecule has 196 valence electrons. The second kappa shape index (κ2) is 9.52. The number of aromatic nitrogens is 6. The maximum atomic E-state index is 12.8. The minimum atomic E-state index is -0.0366. The molecule has 1 aromatic carbocycles. The molecule has 1 saturated heterocycles. The van der Waals surface area contributed by atoms with Gasteiger partial charge in [-0.2, -0.15) is 5.10 Å². The molecule has 1 aliphatic carbocycles. The lowest BCUT2D eigenvalue weighted by Gasteiger charge is -2.28. The predicted molar refractivity (Wildman–Crippen MR) is 146 cm³/mol. The summed E-state index contributed by atoms with van der Waals surface area (Å²) in [7, 11) is 0. The van der Waals surface area contributed by atoms with E-state index in [-0.39, 0.29) is 12.1 Å². The zero-order chi connectivity index (χ0) is 26.3. The van der Waals surface area contributed by atoms with Crippen molar-refractivity contribution in [3.05, 3.63) is 78.2 Å². The Morgan fingerprint density at radius 2 is 1.95 bits per heavy atom. The van der Waals surface area contributed by atoms with Crippen LogP contribution in [0.15, 0.2) is 67.1 Å². The van der Waals surface area contributed by atoms with Gasteiger partial charge in [0.2, 0.25) is 0 Å². The molecule has 0 unspecified atom stereocenters. The van der Waals surface area contributed by atoms with E-state index in [4.69, 9.17) is 20.4 Å². The number of carbonyl (C=O) groups is 1. The molecule has 0 bridgehead atoms. The van der Waals surface area contributed by atoms with Crippen LogP contribution in [0.3, 0.4) is 0 Å². The highest BCUT2D eigenvalue weighted by molar-refractivity contribution is 5.83. The Bertz CT molecular complexity index is 1670. The van der Waals surface area contributed by atoms with E-state index in [9.17, 15) is 4.79 Å². The summed E-state index contributed by atoms with van der Waals surface area (Å²) in [5.41, 5.74) is 11.7. The van der Waals surface area contributed by atoms with Crippen LogP contribution in [0.4, 0.5) is 10.6 Å². The molecular weight excluding hydrogens is 494 g/mol. The molecule has 5 aromatic rings. The number of anilines is 1. The molecule has 0 spiro atoms. The number of rotatable bonds is 4. The predicted octanol–water partition coefficient (Wildman–Crippen LogP) is 3.28. The minimum absolute atomic E-state index is 0.0260. The lowest BCUT2D eigenvalue weighted by Crippen LogP contribution is -2.46. The van der Waals surface area contributed by atoms with Gasteiger partial charge in [-0.3, -0.25) is 4.57 Å². The minimum Gasteiger partial charge on any atom is -0.383 e. The van der Waals surface area contributed by atoms with Crippen LogP contribution in [-0.2, 0) is 11.2 Å². The molecule has 1 fully saturated rings. The first-order chi connectivity index (χ1) is 19.2. The number of amides is 2. The van der Waals surface area contributed by atoms with Crippen LogP contribution < -0.4 is 11.1 Å². The van der Waals surface area contributed by atoms with Crippen molar-refractivity contribution in [3.8, 4) is 22.9 Å². The van der Waals surface area contributed by atoms with Crippen LogP contribution in [0, 0.1) is 0 Å². The molecule has 7 rings (SSSR count). The summed E-state index contributed by atoms with van der Waals surface area (Å²) in [4.78, 5) is 28.8. The maximum Gasteiger partial charge on any atom is 0.318 e. The van der Waals surface area contributed by atoms with Crippen LogP contribution in [0.2, 0.25) is 0 Å². The number of pyridine rings is 2. The number of fused-ring (bicyclic) bond motifs is 2. The number of hydrogen-bond acceptors (Lipinski definition) is 7. The number of nitrogen functional groups attached to an aromatic ring is 1. The Hall–Kier alpha value is -4.77. The van der Waals surface area contributed by atoms with Gasteiger partial charge < -0.3 is 20.7 Å². The Labute approximate surface area is 224 Å². The number of hydrogen-bond donors (Lipinski definition) is 2.